The van der Waals surface area contributed by atoms with Gasteiger partial charge in [-0.15, -0.1) is 0 Å². The molecule has 0 unspecified atom stereocenters. The molecule has 0 saturated heterocycles. The van der Waals surface area contributed by atoms with E-state index in [1.54, 1.807) is 0 Å². The van der Waals surface area contributed by atoms with E-state index in [0.717, 1.165) is 13.7 Å². The molecular weight excluding hydrogens is 283 g/mol. The van der Waals surface area contributed by atoms with Crippen LogP contribution < -0.4 is 5.46 Å². The van der Waals surface area contributed by atoms with E-state index >= 15 is 0 Å². The first-order chi connectivity index (χ1) is 11.3. The molecule has 0 saturated carbocycles. The van der Waals surface area contributed by atoms with Gasteiger partial charge in [0.25, 0.3) is 0 Å². The molecule has 0 N–H and O–H groups in total. The van der Waals surface area contributed by atoms with Gasteiger partial charge < -0.3 is 0 Å². The van der Waals surface area contributed by atoms with Crippen LogP contribution in [0.3, 0.4) is 0 Å². The standard InChI is InChI=1S/C19H15BN2O/c1-13-2-7-16-17-11-21-9-8-18(17)22(19(16)10-13)12-14-3-5-15(20-23)6-4-14/h2-11H,12H2,1H3. The molecule has 4 heteroatoms. The maximum absolute atomic E-state index is 10.8. The molecule has 0 spiro atoms. The van der Waals surface area contributed by atoms with Crippen molar-refractivity contribution in [3.05, 3.63) is 72.1 Å². The first-order valence-corrected chi connectivity index (χ1v) is 7.63. The van der Waals surface area contributed by atoms with Gasteiger partial charge in [-0.2, -0.15) is 0 Å². The molecule has 23 heavy (non-hydrogen) atoms. The van der Waals surface area contributed by atoms with Crippen molar-refractivity contribution in [3.63, 3.8) is 0 Å². The number of nitrogens with zero attached hydrogens (tertiary/aromatic N) is 2. The Morgan fingerprint density at radius 3 is 2.61 bits per heavy atom. The Bertz CT molecular complexity index is 1020. The van der Waals surface area contributed by atoms with Crippen molar-refractivity contribution < 1.29 is 4.70 Å². The third kappa shape index (κ3) is 2.36. The van der Waals surface area contributed by atoms with Crippen molar-refractivity contribution in [1.29, 1.82) is 0 Å². The van der Waals surface area contributed by atoms with Gasteiger partial charge in [0, 0.05) is 0 Å². The van der Waals surface area contributed by atoms with Gasteiger partial charge in [0.15, 0.2) is 0 Å². The van der Waals surface area contributed by atoms with Crippen molar-refractivity contribution in [2.24, 2.45) is 0 Å². The zero-order valence-corrected chi connectivity index (χ0v) is 12.9. The monoisotopic (exact) mass is 298 g/mol. The molecular formula is C19H15BN2O. The third-order valence-corrected chi connectivity index (χ3v) is 4.28. The van der Waals surface area contributed by atoms with E-state index in [4.69, 9.17) is 0 Å². The number of aromatic nitrogens is 2. The zero-order valence-electron chi connectivity index (χ0n) is 12.9. The fourth-order valence-corrected chi connectivity index (χ4v) is 3.11. The molecule has 4 rings (SSSR count). The van der Waals surface area contributed by atoms with Crippen LogP contribution in [0.15, 0.2) is 60.9 Å². The van der Waals surface area contributed by atoms with Crippen LogP contribution in [0.25, 0.3) is 21.8 Å². The fraction of sp³-hybridized carbons (Fsp3) is 0.105. The van der Waals surface area contributed by atoms with E-state index in [0.29, 0.717) is 5.46 Å². The molecule has 0 fully saturated rings. The summed E-state index contributed by atoms with van der Waals surface area (Å²) in [5, 5.41) is 2.40. The number of hydrogen-bond acceptors (Lipinski definition) is 2. The van der Waals surface area contributed by atoms with Gasteiger partial charge in [-0.1, -0.05) is 0 Å². The number of fused-ring (bicyclic) bond motifs is 3. The first-order valence-electron chi connectivity index (χ1n) is 7.63. The zero-order chi connectivity index (χ0) is 15.8. The summed E-state index contributed by atoms with van der Waals surface area (Å²) < 4.78 is 13.1. The van der Waals surface area contributed by atoms with E-state index < -0.39 is 0 Å². The van der Waals surface area contributed by atoms with Crippen LogP contribution in [-0.4, -0.2) is 16.7 Å². The van der Waals surface area contributed by atoms with Crippen LogP contribution >= 0.6 is 0 Å². The Labute approximate surface area is 134 Å². The minimum absolute atomic E-state index is 0.705. The molecule has 4 aromatic rings. The summed E-state index contributed by atoms with van der Waals surface area (Å²) in [6.07, 6.45) is 3.76. The molecule has 0 amide bonds. The third-order valence-electron chi connectivity index (χ3n) is 4.28. The number of pyridine rings is 1. The first kappa shape index (κ1) is 13.9. The average molecular weight is 298 g/mol. The molecule has 3 nitrogen and oxygen atoms in total. The van der Waals surface area contributed by atoms with Gasteiger partial charge in [-0.05, 0) is 0 Å². The van der Waals surface area contributed by atoms with Crippen LogP contribution in [0.4, 0.5) is 0 Å². The van der Waals surface area contributed by atoms with Crippen molar-refractivity contribution in [2.75, 3.05) is 0 Å². The molecule has 0 radical (unpaired) electrons. The van der Waals surface area contributed by atoms with Crippen LogP contribution in [-0.2, 0) is 11.2 Å². The predicted molar refractivity (Wildman–Crippen MR) is 93.6 cm³/mol. The van der Waals surface area contributed by atoms with Crippen LogP contribution in [0.5, 0.6) is 0 Å². The quantitative estimate of drug-likeness (QED) is 0.544. The fourth-order valence-electron chi connectivity index (χ4n) is 3.11. The summed E-state index contributed by atoms with van der Waals surface area (Å²) in [6.45, 7) is 2.88. The molecule has 0 atom stereocenters. The number of rotatable bonds is 3. The summed E-state index contributed by atoms with van der Waals surface area (Å²) in [4.78, 5) is 4.28. The van der Waals surface area contributed by atoms with E-state index in [2.05, 4.69) is 40.7 Å². The Morgan fingerprint density at radius 1 is 1.00 bits per heavy atom. The van der Waals surface area contributed by atoms with Crippen molar-refractivity contribution >= 4 is 34.4 Å². The molecule has 0 aliphatic rings. The van der Waals surface area contributed by atoms with Crippen molar-refractivity contribution in [3.8, 4) is 0 Å². The molecule has 2 aromatic carbocycles. The second-order valence-corrected chi connectivity index (χ2v) is 5.86. The van der Waals surface area contributed by atoms with Crippen molar-refractivity contribution in [2.45, 2.75) is 13.5 Å². The van der Waals surface area contributed by atoms with Crippen molar-refractivity contribution in [1.82, 2.24) is 9.55 Å². The number of hydrogen-bond donors (Lipinski definition) is 0. The molecule has 110 valence electrons. The summed E-state index contributed by atoms with van der Waals surface area (Å²) in [7, 11) is 0.874. The number of benzene rings is 2. The second-order valence-electron chi connectivity index (χ2n) is 5.86. The van der Waals surface area contributed by atoms with E-state index in [-0.39, 0.29) is 0 Å². The topological polar surface area (TPSA) is 34.9 Å². The van der Waals surface area contributed by atoms with Gasteiger partial charge in [-0.25, -0.2) is 0 Å². The molecule has 2 aromatic heterocycles. The minimum atomic E-state index is 0.705. The van der Waals surface area contributed by atoms with E-state index in [1.165, 1.54) is 32.9 Å². The molecule has 0 bridgehead atoms. The number of aryl methyl sites for hydroxylation is 1. The second kappa shape index (κ2) is 5.47. The van der Waals surface area contributed by atoms with E-state index in [1.807, 2.05) is 36.7 Å². The average Bonchev–Trinajstić information content (AvgIpc) is 2.89. The van der Waals surface area contributed by atoms with Gasteiger partial charge in [-0.3, -0.25) is 0 Å². The van der Waals surface area contributed by atoms with Gasteiger partial charge in [0.1, 0.15) is 0 Å². The Kier molecular flexibility index (Phi) is 3.30. The van der Waals surface area contributed by atoms with Gasteiger partial charge in [0.2, 0.25) is 0 Å². The summed E-state index contributed by atoms with van der Waals surface area (Å²) in [5.41, 5.74) is 5.52. The Morgan fingerprint density at radius 2 is 1.83 bits per heavy atom. The molecule has 0 aliphatic carbocycles. The summed E-state index contributed by atoms with van der Waals surface area (Å²) in [6, 6.07) is 16.3. The van der Waals surface area contributed by atoms with Gasteiger partial charge >= 0.3 is 134 Å². The maximum atomic E-state index is 10.8. The van der Waals surface area contributed by atoms with Gasteiger partial charge in [0.05, 0.1) is 0 Å². The van der Waals surface area contributed by atoms with Crippen LogP contribution in [0.1, 0.15) is 11.1 Å². The summed E-state index contributed by atoms with van der Waals surface area (Å²) >= 11 is 0. The van der Waals surface area contributed by atoms with E-state index in [9.17, 15) is 4.70 Å². The Balaban J connectivity index is 1.92. The predicted octanol–water partition coefficient (Wildman–Crippen LogP) is 3.22. The Hall–Kier alpha value is -2.75. The van der Waals surface area contributed by atoms with Crippen LogP contribution in [0, 0.1) is 6.92 Å². The normalized spacial score (nSPS) is 11.0. The SMILES string of the molecule is Cc1ccc2c3cnccc3n(Cc3ccc(B=O)cc3)c2c1. The van der Waals surface area contributed by atoms with Crippen LogP contribution in [0.2, 0.25) is 0 Å². The molecule has 0 aliphatic heterocycles. The molecule has 2 heterocycles. The summed E-state index contributed by atoms with van der Waals surface area (Å²) in [5.74, 6) is 0.